The smallest absolute Gasteiger partial charge is 0.250 e. The maximum atomic E-state index is 11.7. The van der Waals surface area contributed by atoms with Gasteiger partial charge in [-0.15, -0.1) is 0 Å². The number of para-hydroxylation sites is 1. The Morgan fingerprint density at radius 1 is 1.32 bits per heavy atom. The molecule has 1 unspecified atom stereocenters. The highest BCUT2D eigenvalue weighted by Gasteiger charge is 2.21. The minimum absolute atomic E-state index is 0.0619. The van der Waals surface area contributed by atoms with Crippen LogP contribution in [0.5, 0.6) is 0 Å². The minimum atomic E-state index is -0.515. The number of amides is 2. The maximum Gasteiger partial charge on any atom is 0.250 e. The van der Waals surface area contributed by atoms with Gasteiger partial charge in [-0.3, -0.25) is 9.59 Å². The van der Waals surface area contributed by atoms with Crippen LogP contribution in [0.15, 0.2) is 30.3 Å². The van der Waals surface area contributed by atoms with Crippen LogP contribution in [0, 0.1) is 0 Å². The van der Waals surface area contributed by atoms with Crippen LogP contribution in [-0.2, 0) is 14.3 Å². The van der Waals surface area contributed by atoms with Crippen LogP contribution in [0.1, 0.15) is 0 Å². The normalized spacial score (nSPS) is 18.6. The molecule has 1 aliphatic heterocycles. The highest BCUT2D eigenvalue weighted by molar-refractivity contribution is 5.95. The van der Waals surface area contributed by atoms with Crippen LogP contribution in [0.2, 0.25) is 0 Å². The number of nitrogens with one attached hydrogen (secondary N) is 3. The summed E-state index contributed by atoms with van der Waals surface area (Å²) >= 11 is 0. The van der Waals surface area contributed by atoms with E-state index in [2.05, 4.69) is 16.0 Å². The van der Waals surface area contributed by atoms with Crippen molar-refractivity contribution < 1.29 is 14.3 Å². The Hall–Kier alpha value is -1.92. The van der Waals surface area contributed by atoms with E-state index in [1.165, 1.54) is 0 Å². The second-order valence-electron chi connectivity index (χ2n) is 4.20. The molecule has 1 saturated heterocycles. The molecule has 0 aliphatic carbocycles. The summed E-state index contributed by atoms with van der Waals surface area (Å²) in [7, 11) is 0. The molecule has 2 amide bonds. The number of carbonyl (C=O) groups excluding carboxylic acids is 2. The summed E-state index contributed by atoms with van der Waals surface area (Å²) in [5.41, 5.74) is 0.706. The van der Waals surface area contributed by atoms with E-state index in [0.29, 0.717) is 18.8 Å². The monoisotopic (exact) mass is 263 g/mol. The van der Waals surface area contributed by atoms with Crippen molar-refractivity contribution in [2.45, 2.75) is 6.10 Å². The average Bonchev–Trinajstić information content (AvgIpc) is 2.47. The Kier molecular flexibility index (Phi) is 4.88. The van der Waals surface area contributed by atoms with E-state index in [1.54, 1.807) is 12.1 Å². The van der Waals surface area contributed by atoms with Crippen LogP contribution in [0.3, 0.4) is 0 Å². The molecular formula is C13H17N3O3. The summed E-state index contributed by atoms with van der Waals surface area (Å²) in [5.74, 6) is -0.529. The van der Waals surface area contributed by atoms with Gasteiger partial charge in [0.25, 0.3) is 5.91 Å². The number of carbonyl (C=O) groups is 2. The predicted octanol–water partition coefficient (Wildman–Crippen LogP) is -0.270. The van der Waals surface area contributed by atoms with Gasteiger partial charge in [0.1, 0.15) is 6.10 Å². The van der Waals surface area contributed by atoms with E-state index in [9.17, 15) is 9.59 Å². The molecule has 1 heterocycles. The summed E-state index contributed by atoms with van der Waals surface area (Å²) in [6.07, 6.45) is -0.515. The molecule has 0 radical (unpaired) electrons. The lowest BCUT2D eigenvalue weighted by Crippen LogP contribution is -2.49. The summed E-state index contributed by atoms with van der Waals surface area (Å²) in [5, 5.41) is 8.30. The number of morpholine rings is 1. The van der Waals surface area contributed by atoms with Gasteiger partial charge >= 0.3 is 0 Å². The standard InChI is InChI=1S/C13H17N3O3/c17-12(16-10-4-2-1-3-5-10)9-15-13(18)11-8-14-6-7-19-11/h1-5,11,14H,6-9H2,(H,15,18)(H,16,17). The first-order chi connectivity index (χ1) is 9.25. The SMILES string of the molecule is O=C(CNC(=O)C1CNCCO1)Nc1ccccc1. The largest absolute Gasteiger partial charge is 0.366 e. The molecule has 0 aromatic heterocycles. The van der Waals surface area contributed by atoms with Gasteiger partial charge in [0.2, 0.25) is 5.91 Å². The van der Waals surface area contributed by atoms with Crippen molar-refractivity contribution in [2.24, 2.45) is 0 Å². The molecular weight excluding hydrogens is 246 g/mol. The van der Waals surface area contributed by atoms with E-state index in [0.717, 1.165) is 6.54 Å². The second-order valence-corrected chi connectivity index (χ2v) is 4.20. The first kappa shape index (κ1) is 13.5. The fourth-order valence-electron chi connectivity index (χ4n) is 1.74. The number of hydrogen-bond donors (Lipinski definition) is 3. The molecule has 6 nitrogen and oxygen atoms in total. The van der Waals surface area contributed by atoms with Crippen LogP contribution < -0.4 is 16.0 Å². The van der Waals surface area contributed by atoms with Crippen molar-refractivity contribution in [2.75, 3.05) is 31.6 Å². The third-order valence-electron chi connectivity index (χ3n) is 2.70. The zero-order valence-electron chi connectivity index (χ0n) is 10.5. The number of rotatable bonds is 4. The van der Waals surface area contributed by atoms with Gasteiger partial charge in [-0.25, -0.2) is 0 Å². The molecule has 1 aromatic rings. The average molecular weight is 263 g/mol. The lowest BCUT2D eigenvalue weighted by molar-refractivity contribution is -0.135. The number of ether oxygens (including phenoxy) is 1. The quantitative estimate of drug-likeness (QED) is 0.698. The summed E-state index contributed by atoms with van der Waals surface area (Å²) in [6, 6.07) is 9.10. The predicted molar refractivity (Wildman–Crippen MR) is 70.7 cm³/mol. The first-order valence-electron chi connectivity index (χ1n) is 6.20. The highest BCUT2D eigenvalue weighted by Crippen LogP contribution is 2.04. The third-order valence-corrected chi connectivity index (χ3v) is 2.70. The molecule has 1 fully saturated rings. The summed E-state index contributed by atoms with van der Waals surface area (Å²) < 4.78 is 5.28. The highest BCUT2D eigenvalue weighted by atomic mass is 16.5. The van der Waals surface area contributed by atoms with E-state index in [1.807, 2.05) is 18.2 Å². The van der Waals surface area contributed by atoms with Gasteiger partial charge in [-0.1, -0.05) is 18.2 Å². The lowest BCUT2D eigenvalue weighted by Gasteiger charge is -2.22. The second kappa shape index (κ2) is 6.86. The molecule has 19 heavy (non-hydrogen) atoms. The molecule has 0 bridgehead atoms. The minimum Gasteiger partial charge on any atom is -0.366 e. The number of benzene rings is 1. The zero-order chi connectivity index (χ0) is 13.5. The van der Waals surface area contributed by atoms with Crippen molar-refractivity contribution in [3.8, 4) is 0 Å². The van der Waals surface area contributed by atoms with Crippen molar-refractivity contribution in [1.82, 2.24) is 10.6 Å². The van der Waals surface area contributed by atoms with Crippen LogP contribution in [-0.4, -0.2) is 44.2 Å². The fourth-order valence-corrected chi connectivity index (χ4v) is 1.74. The van der Waals surface area contributed by atoms with Gasteiger partial charge in [0, 0.05) is 18.8 Å². The molecule has 3 N–H and O–H groups in total. The zero-order valence-corrected chi connectivity index (χ0v) is 10.5. The molecule has 2 rings (SSSR count). The molecule has 6 heteroatoms. The van der Waals surface area contributed by atoms with Crippen LogP contribution in [0.4, 0.5) is 5.69 Å². The Morgan fingerprint density at radius 2 is 2.11 bits per heavy atom. The van der Waals surface area contributed by atoms with Crippen LogP contribution >= 0.6 is 0 Å². The Bertz CT molecular complexity index is 430. The summed E-state index contributed by atoms with van der Waals surface area (Å²) in [4.78, 5) is 23.3. The topological polar surface area (TPSA) is 79.5 Å². The van der Waals surface area contributed by atoms with E-state index in [4.69, 9.17) is 4.74 Å². The Morgan fingerprint density at radius 3 is 2.79 bits per heavy atom. The van der Waals surface area contributed by atoms with E-state index >= 15 is 0 Å². The van der Waals surface area contributed by atoms with Crippen LogP contribution in [0.25, 0.3) is 0 Å². The lowest BCUT2D eigenvalue weighted by atomic mass is 10.3. The van der Waals surface area contributed by atoms with Gasteiger partial charge in [-0.2, -0.15) is 0 Å². The van der Waals surface area contributed by atoms with Gasteiger partial charge in [-0.05, 0) is 12.1 Å². The maximum absolute atomic E-state index is 11.7. The van der Waals surface area contributed by atoms with Gasteiger partial charge in [0.05, 0.1) is 13.2 Å². The third kappa shape index (κ3) is 4.35. The van der Waals surface area contributed by atoms with Crippen molar-refractivity contribution in [3.05, 3.63) is 30.3 Å². The molecule has 0 spiro atoms. The molecule has 102 valence electrons. The molecule has 0 saturated carbocycles. The van der Waals surface area contributed by atoms with Crippen molar-refractivity contribution in [1.29, 1.82) is 0 Å². The number of hydrogen-bond acceptors (Lipinski definition) is 4. The van der Waals surface area contributed by atoms with Gasteiger partial charge < -0.3 is 20.7 Å². The molecule has 1 aromatic carbocycles. The molecule has 1 atom stereocenters. The van der Waals surface area contributed by atoms with Gasteiger partial charge in [0.15, 0.2) is 0 Å². The molecule has 1 aliphatic rings. The van der Waals surface area contributed by atoms with Crippen molar-refractivity contribution >= 4 is 17.5 Å². The Labute approximate surface area is 111 Å². The fraction of sp³-hybridized carbons (Fsp3) is 0.385. The van der Waals surface area contributed by atoms with E-state index in [-0.39, 0.29) is 18.4 Å². The summed E-state index contributed by atoms with van der Waals surface area (Å²) in [6.45, 7) is 1.67. The van der Waals surface area contributed by atoms with E-state index < -0.39 is 6.10 Å². The number of anilines is 1. The Balaban J connectivity index is 1.72. The first-order valence-corrected chi connectivity index (χ1v) is 6.20. The van der Waals surface area contributed by atoms with Crippen molar-refractivity contribution in [3.63, 3.8) is 0 Å².